The number of hydrogen-bond donors (Lipinski definition) is 1. The Morgan fingerprint density at radius 3 is 2.20 bits per heavy atom. The quantitative estimate of drug-likeness (QED) is 0.433. The molecule has 1 unspecified atom stereocenters. The summed E-state index contributed by atoms with van der Waals surface area (Å²) in [5.41, 5.74) is -3.33. The van der Waals surface area contributed by atoms with Crippen LogP contribution in [0.25, 0.3) is 0 Å². The van der Waals surface area contributed by atoms with E-state index in [1.807, 2.05) is 0 Å². The van der Waals surface area contributed by atoms with Gasteiger partial charge in [-0.25, -0.2) is 9.18 Å². The van der Waals surface area contributed by atoms with E-state index < -0.39 is 64.4 Å². The molecular weight excluding hydrogens is 550 g/mol. The van der Waals surface area contributed by atoms with E-state index in [2.05, 4.69) is 5.32 Å². The fraction of sp³-hybridized carbons (Fsp3) is 0.444. The molecule has 0 radical (unpaired) electrons. The molecule has 5 amide bonds. The van der Waals surface area contributed by atoms with E-state index in [9.17, 15) is 41.5 Å². The SMILES string of the molecule is CC(C)C(NC(=O)c1cc(C(F)(F)F)ccc1F)C(=O)N1CCC2(CC1)C(=O)N(C)C(=O)N2c1ccc(=O)n(C)c1. The third kappa shape index (κ3) is 5.30. The Labute approximate surface area is 232 Å². The number of amides is 5. The van der Waals surface area contributed by atoms with Crippen molar-refractivity contribution in [1.29, 1.82) is 0 Å². The topological polar surface area (TPSA) is 112 Å². The minimum absolute atomic E-state index is 0.0188. The molecule has 1 spiro atoms. The van der Waals surface area contributed by atoms with Gasteiger partial charge in [-0.2, -0.15) is 13.2 Å². The fourth-order valence-corrected chi connectivity index (χ4v) is 5.24. The van der Waals surface area contributed by atoms with Crippen LogP contribution < -0.4 is 15.8 Å². The molecule has 10 nitrogen and oxygen atoms in total. The van der Waals surface area contributed by atoms with Crippen LogP contribution in [0.3, 0.4) is 0 Å². The standard InChI is InChI=1S/C27H29F4N5O5/c1-15(2)21(32-22(38)18-13-16(27(29,30)31)5-7-19(18)28)23(39)35-11-9-26(10-12-35)24(40)34(4)25(41)36(26)17-6-8-20(37)33(3)14-17/h5-8,13-15,21H,9-12H2,1-4H3,(H,32,38). The van der Waals surface area contributed by atoms with Gasteiger partial charge in [-0.1, -0.05) is 13.8 Å². The normalized spacial score (nSPS) is 17.9. The second-order valence-electron chi connectivity index (χ2n) is 10.6. The van der Waals surface area contributed by atoms with Gasteiger partial charge in [0.2, 0.25) is 11.5 Å². The minimum Gasteiger partial charge on any atom is -0.341 e. The molecule has 0 bridgehead atoms. The lowest BCUT2D eigenvalue weighted by atomic mass is 9.85. The number of nitrogens with one attached hydrogen (secondary N) is 1. The van der Waals surface area contributed by atoms with Crippen LogP contribution in [0.2, 0.25) is 0 Å². The molecule has 3 heterocycles. The summed E-state index contributed by atoms with van der Waals surface area (Å²) < 4.78 is 54.9. The van der Waals surface area contributed by atoms with Crippen molar-refractivity contribution >= 4 is 29.4 Å². The van der Waals surface area contributed by atoms with E-state index in [0.29, 0.717) is 23.9 Å². The van der Waals surface area contributed by atoms with Gasteiger partial charge in [0, 0.05) is 39.4 Å². The number of hydrogen-bond acceptors (Lipinski definition) is 5. The number of halogens is 4. The van der Waals surface area contributed by atoms with Crippen molar-refractivity contribution < 1.29 is 36.7 Å². The van der Waals surface area contributed by atoms with Crippen LogP contribution >= 0.6 is 0 Å². The molecule has 0 aliphatic carbocycles. The molecule has 1 aromatic heterocycles. The Bertz CT molecular complexity index is 1460. The van der Waals surface area contributed by atoms with Crippen LogP contribution in [0, 0.1) is 11.7 Å². The molecule has 1 atom stereocenters. The molecule has 2 aliphatic rings. The second-order valence-corrected chi connectivity index (χ2v) is 10.6. The number of carbonyl (C=O) groups is 4. The molecule has 1 N–H and O–H groups in total. The molecule has 14 heteroatoms. The average Bonchev–Trinajstić information content (AvgIpc) is 3.08. The lowest BCUT2D eigenvalue weighted by Crippen LogP contribution is -2.60. The summed E-state index contributed by atoms with van der Waals surface area (Å²) >= 11 is 0. The molecule has 0 saturated carbocycles. The van der Waals surface area contributed by atoms with E-state index in [1.165, 1.54) is 46.8 Å². The first-order valence-corrected chi connectivity index (χ1v) is 12.8. The maximum atomic E-state index is 14.3. The van der Waals surface area contributed by atoms with Gasteiger partial charge in [0.1, 0.15) is 17.4 Å². The number of aryl methyl sites for hydroxylation is 1. The van der Waals surface area contributed by atoms with Gasteiger partial charge in [0.15, 0.2) is 0 Å². The van der Waals surface area contributed by atoms with Gasteiger partial charge < -0.3 is 14.8 Å². The highest BCUT2D eigenvalue weighted by Gasteiger charge is 2.58. The predicted octanol–water partition coefficient (Wildman–Crippen LogP) is 2.76. The van der Waals surface area contributed by atoms with Gasteiger partial charge in [0.25, 0.3) is 11.8 Å². The van der Waals surface area contributed by atoms with Crippen LogP contribution in [0.1, 0.15) is 42.6 Å². The lowest BCUT2D eigenvalue weighted by molar-refractivity contribution is -0.139. The van der Waals surface area contributed by atoms with Crippen LogP contribution in [0.15, 0.2) is 41.3 Å². The van der Waals surface area contributed by atoms with Crippen LogP contribution in [-0.4, -0.2) is 69.8 Å². The number of pyridine rings is 1. The van der Waals surface area contributed by atoms with E-state index in [-0.39, 0.29) is 31.5 Å². The summed E-state index contributed by atoms with van der Waals surface area (Å²) in [4.78, 5) is 68.3. The van der Waals surface area contributed by atoms with Crippen molar-refractivity contribution in [2.24, 2.45) is 13.0 Å². The number of anilines is 1. The van der Waals surface area contributed by atoms with Crippen molar-refractivity contribution in [1.82, 2.24) is 19.7 Å². The summed E-state index contributed by atoms with van der Waals surface area (Å²) in [6.07, 6.45) is -3.24. The van der Waals surface area contributed by atoms with Gasteiger partial charge in [0.05, 0.1) is 16.8 Å². The van der Waals surface area contributed by atoms with Crippen LogP contribution in [0.5, 0.6) is 0 Å². The molecule has 2 aliphatic heterocycles. The number of imide groups is 1. The molecule has 2 aromatic rings. The van der Waals surface area contributed by atoms with Gasteiger partial charge in [-0.3, -0.25) is 29.0 Å². The van der Waals surface area contributed by atoms with Gasteiger partial charge >= 0.3 is 12.2 Å². The zero-order chi connectivity index (χ0) is 30.4. The highest BCUT2D eigenvalue weighted by molar-refractivity contribution is 6.16. The molecular formula is C27H29F4N5O5. The summed E-state index contributed by atoms with van der Waals surface area (Å²) in [5, 5.41) is 2.37. The van der Waals surface area contributed by atoms with E-state index in [1.54, 1.807) is 13.8 Å². The third-order valence-corrected chi connectivity index (χ3v) is 7.60. The van der Waals surface area contributed by atoms with Crippen LogP contribution in [-0.2, 0) is 22.8 Å². The molecule has 2 saturated heterocycles. The summed E-state index contributed by atoms with van der Waals surface area (Å²) in [7, 11) is 2.86. The molecule has 220 valence electrons. The maximum Gasteiger partial charge on any atom is 0.416 e. The first-order chi connectivity index (χ1) is 19.1. The number of benzene rings is 1. The molecule has 41 heavy (non-hydrogen) atoms. The molecule has 4 rings (SSSR count). The van der Waals surface area contributed by atoms with E-state index in [4.69, 9.17) is 0 Å². The first-order valence-electron chi connectivity index (χ1n) is 12.8. The van der Waals surface area contributed by atoms with Crippen molar-refractivity contribution in [2.45, 2.75) is 44.4 Å². The Balaban J connectivity index is 1.55. The van der Waals surface area contributed by atoms with Crippen molar-refractivity contribution in [3.05, 3.63) is 63.8 Å². The van der Waals surface area contributed by atoms with Gasteiger partial charge in [-0.15, -0.1) is 0 Å². The molecule has 1 aromatic carbocycles. The number of piperidine rings is 1. The number of rotatable bonds is 5. The molecule has 2 fully saturated rings. The number of urea groups is 1. The minimum atomic E-state index is -4.80. The van der Waals surface area contributed by atoms with Crippen LogP contribution in [0.4, 0.5) is 28.0 Å². The zero-order valence-electron chi connectivity index (χ0n) is 22.8. The highest BCUT2D eigenvalue weighted by atomic mass is 19.4. The Morgan fingerprint density at radius 2 is 1.63 bits per heavy atom. The average molecular weight is 580 g/mol. The van der Waals surface area contributed by atoms with E-state index >= 15 is 0 Å². The Morgan fingerprint density at radius 1 is 1.00 bits per heavy atom. The Hall–Kier alpha value is -4.23. The Kier molecular flexibility index (Phi) is 7.71. The van der Waals surface area contributed by atoms with Gasteiger partial charge in [-0.05, 0) is 43.0 Å². The number of nitrogens with zero attached hydrogens (tertiary/aromatic N) is 4. The largest absolute Gasteiger partial charge is 0.416 e. The number of alkyl halides is 3. The van der Waals surface area contributed by atoms with Crippen molar-refractivity contribution in [3.63, 3.8) is 0 Å². The number of aromatic nitrogens is 1. The fourth-order valence-electron chi connectivity index (χ4n) is 5.24. The summed E-state index contributed by atoms with van der Waals surface area (Å²) in [5.74, 6) is -3.88. The lowest BCUT2D eigenvalue weighted by Gasteiger charge is -2.43. The predicted molar refractivity (Wildman–Crippen MR) is 138 cm³/mol. The third-order valence-electron chi connectivity index (χ3n) is 7.60. The maximum absolute atomic E-state index is 14.3. The number of carbonyl (C=O) groups excluding carboxylic acids is 4. The summed E-state index contributed by atoms with van der Waals surface area (Å²) in [6.45, 7) is 3.27. The van der Waals surface area contributed by atoms with Crippen molar-refractivity contribution in [2.75, 3.05) is 25.0 Å². The number of likely N-dealkylation sites (tertiary alicyclic amines) is 1. The first kappa shape index (κ1) is 29.7. The number of likely N-dealkylation sites (N-methyl/N-ethyl adjacent to an activating group) is 1. The highest BCUT2D eigenvalue weighted by Crippen LogP contribution is 2.40. The summed E-state index contributed by atoms with van der Waals surface area (Å²) in [6, 6.07) is 2.40. The monoisotopic (exact) mass is 579 g/mol. The zero-order valence-corrected chi connectivity index (χ0v) is 22.8. The smallest absolute Gasteiger partial charge is 0.341 e. The second kappa shape index (κ2) is 10.6. The van der Waals surface area contributed by atoms with Crippen molar-refractivity contribution in [3.8, 4) is 0 Å². The van der Waals surface area contributed by atoms with E-state index in [0.717, 1.165) is 4.90 Å².